The van der Waals surface area contributed by atoms with Crippen LogP contribution in [-0.2, 0) is 4.79 Å². The van der Waals surface area contributed by atoms with Crippen LogP contribution in [0.15, 0.2) is 24.5 Å². The molecular formula is C28H34FN5O4. The third-order valence-electron chi connectivity index (χ3n) is 7.38. The molecule has 0 saturated heterocycles. The van der Waals surface area contributed by atoms with Gasteiger partial charge in [-0.2, -0.15) is 0 Å². The highest BCUT2D eigenvalue weighted by atomic mass is 19.1. The molecule has 2 fully saturated rings. The van der Waals surface area contributed by atoms with Gasteiger partial charge in [0.1, 0.15) is 35.6 Å². The van der Waals surface area contributed by atoms with E-state index in [0.717, 1.165) is 16.9 Å². The summed E-state index contributed by atoms with van der Waals surface area (Å²) in [7, 11) is 0. The maximum Gasteiger partial charge on any atom is 0.255 e. The van der Waals surface area contributed by atoms with E-state index in [9.17, 15) is 19.1 Å². The summed E-state index contributed by atoms with van der Waals surface area (Å²) >= 11 is 0. The van der Waals surface area contributed by atoms with Crippen molar-refractivity contribution in [1.29, 1.82) is 0 Å². The van der Waals surface area contributed by atoms with Gasteiger partial charge in [0.25, 0.3) is 5.91 Å². The van der Waals surface area contributed by atoms with Crippen LogP contribution in [0.4, 0.5) is 4.39 Å². The highest BCUT2D eigenvalue weighted by Gasteiger charge is 2.34. The van der Waals surface area contributed by atoms with Crippen molar-refractivity contribution in [3.8, 4) is 17.0 Å². The van der Waals surface area contributed by atoms with Crippen molar-refractivity contribution in [3.63, 3.8) is 0 Å². The maximum atomic E-state index is 14.8. The van der Waals surface area contributed by atoms with E-state index in [4.69, 9.17) is 4.74 Å². The summed E-state index contributed by atoms with van der Waals surface area (Å²) in [6.07, 6.45) is 2.24. The van der Waals surface area contributed by atoms with Gasteiger partial charge in [-0.05, 0) is 64.5 Å². The van der Waals surface area contributed by atoms with Crippen LogP contribution in [0, 0.1) is 19.8 Å². The standard InChI is InChI=1S/C28H34FN5O4/c1-14-4-9-22(38-12-17-5-6-17)19(10-14)24-26-25(31-13-30-24)23(15(2)32-26)28(37)33-18-7-8-21(20(29)11-18)34-27(36)16(3)35/h4,9-10,13,16-18,20-21,32,35H,5-8,11-12H2,1-3H3,(H,33,37)(H,34,36)/t16-,18?,20?,21?/m0/s1. The highest BCUT2D eigenvalue weighted by molar-refractivity contribution is 6.09. The second kappa shape index (κ2) is 10.7. The highest BCUT2D eigenvalue weighted by Crippen LogP contribution is 2.37. The SMILES string of the molecule is Cc1ccc(OCC2CC2)c(-c2ncnc3c(C(=O)NC4CCC(NC(=O)[C@H](C)O)C(F)C4)c(C)[nH]c23)c1. The van der Waals surface area contributed by atoms with Gasteiger partial charge in [-0.1, -0.05) is 11.6 Å². The van der Waals surface area contributed by atoms with Gasteiger partial charge >= 0.3 is 0 Å². The lowest BCUT2D eigenvalue weighted by molar-refractivity contribution is -0.130. The first-order valence-electron chi connectivity index (χ1n) is 13.2. The molecule has 5 rings (SSSR count). The van der Waals surface area contributed by atoms with E-state index >= 15 is 0 Å². The molecule has 3 aromatic rings. The van der Waals surface area contributed by atoms with Crippen molar-refractivity contribution in [3.05, 3.63) is 41.3 Å². The number of hydrogen-bond acceptors (Lipinski definition) is 6. The molecule has 2 aliphatic carbocycles. The third-order valence-corrected chi connectivity index (χ3v) is 7.38. The summed E-state index contributed by atoms with van der Waals surface area (Å²) in [5.74, 6) is 0.413. The first-order valence-corrected chi connectivity index (χ1v) is 13.2. The lowest BCUT2D eigenvalue weighted by atomic mass is 9.89. The Morgan fingerprint density at radius 2 is 1.97 bits per heavy atom. The number of alkyl halides is 1. The van der Waals surface area contributed by atoms with E-state index in [2.05, 4.69) is 25.6 Å². The molecule has 10 heteroatoms. The van der Waals surface area contributed by atoms with Crippen molar-refractivity contribution < 1.29 is 23.8 Å². The molecule has 9 nitrogen and oxygen atoms in total. The Labute approximate surface area is 220 Å². The summed E-state index contributed by atoms with van der Waals surface area (Å²) in [6, 6.07) is 4.92. The number of amides is 2. The molecule has 2 saturated carbocycles. The predicted octanol–water partition coefficient (Wildman–Crippen LogP) is 3.52. The normalized spacial score (nSPS) is 22.2. The van der Waals surface area contributed by atoms with E-state index in [1.165, 1.54) is 26.1 Å². The number of aliphatic hydroxyl groups is 1. The van der Waals surface area contributed by atoms with Gasteiger partial charge < -0.3 is 25.5 Å². The number of halogens is 1. The first kappa shape index (κ1) is 26.1. The molecule has 2 heterocycles. The first-order chi connectivity index (χ1) is 18.2. The maximum absolute atomic E-state index is 14.8. The second-order valence-electron chi connectivity index (χ2n) is 10.6. The van der Waals surface area contributed by atoms with Crippen molar-refractivity contribution >= 4 is 22.8 Å². The number of rotatable bonds is 8. The average molecular weight is 524 g/mol. The molecule has 1 aromatic carbocycles. The van der Waals surface area contributed by atoms with Crippen molar-refractivity contribution in [2.24, 2.45) is 5.92 Å². The molecule has 0 radical (unpaired) electrons. The average Bonchev–Trinajstić information content (AvgIpc) is 3.64. The van der Waals surface area contributed by atoms with Crippen LogP contribution < -0.4 is 15.4 Å². The number of hydrogen-bond donors (Lipinski definition) is 4. The van der Waals surface area contributed by atoms with Gasteiger partial charge in [0.15, 0.2) is 0 Å². The monoisotopic (exact) mass is 523 g/mol. The van der Waals surface area contributed by atoms with Crippen molar-refractivity contribution in [2.45, 2.75) is 77.2 Å². The van der Waals surface area contributed by atoms with Gasteiger partial charge in [0.2, 0.25) is 5.91 Å². The number of fused-ring (bicyclic) bond motifs is 1. The quantitative estimate of drug-likeness (QED) is 0.358. The zero-order valence-electron chi connectivity index (χ0n) is 21.9. The third kappa shape index (κ3) is 5.50. The van der Waals surface area contributed by atoms with E-state index < -0.39 is 24.2 Å². The van der Waals surface area contributed by atoms with Crippen molar-refractivity contribution in [1.82, 2.24) is 25.6 Å². The molecule has 0 spiro atoms. The van der Waals surface area contributed by atoms with Crippen LogP contribution in [0.2, 0.25) is 0 Å². The summed E-state index contributed by atoms with van der Waals surface area (Å²) in [5.41, 5.74) is 4.74. The molecule has 202 valence electrons. The minimum absolute atomic E-state index is 0.0725. The molecule has 0 aliphatic heterocycles. The smallest absolute Gasteiger partial charge is 0.255 e. The Hall–Kier alpha value is -3.53. The predicted molar refractivity (Wildman–Crippen MR) is 141 cm³/mol. The molecule has 4 N–H and O–H groups in total. The number of aliphatic hydroxyl groups excluding tert-OH is 1. The van der Waals surface area contributed by atoms with E-state index in [0.29, 0.717) is 53.4 Å². The van der Waals surface area contributed by atoms with E-state index in [-0.39, 0.29) is 18.4 Å². The molecule has 38 heavy (non-hydrogen) atoms. The topological polar surface area (TPSA) is 129 Å². The van der Waals surface area contributed by atoms with Crippen LogP contribution in [0.1, 0.15) is 60.6 Å². The lowest BCUT2D eigenvalue weighted by Crippen LogP contribution is -2.51. The van der Waals surface area contributed by atoms with Crippen molar-refractivity contribution in [2.75, 3.05) is 6.61 Å². The number of carbonyl (C=O) groups is 2. The minimum atomic E-state index is -1.33. The number of aromatic amines is 1. The number of nitrogens with one attached hydrogen (secondary N) is 3. The Bertz CT molecular complexity index is 1350. The molecule has 3 unspecified atom stereocenters. The summed E-state index contributed by atoms with van der Waals surface area (Å²) in [4.78, 5) is 37.4. The van der Waals surface area contributed by atoms with E-state index in [1.807, 2.05) is 32.0 Å². The zero-order valence-corrected chi connectivity index (χ0v) is 21.9. The Morgan fingerprint density at radius 1 is 1.18 bits per heavy atom. The summed E-state index contributed by atoms with van der Waals surface area (Å²) in [5, 5.41) is 14.9. The van der Waals surface area contributed by atoms with Crippen LogP contribution in [0.3, 0.4) is 0 Å². The Balaban J connectivity index is 1.36. The molecule has 4 atom stereocenters. The van der Waals surface area contributed by atoms with Crippen LogP contribution in [0.25, 0.3) is 22.3 Å². The van der Waals surface area contributed by atoms with Gasteiger partial charge in [0, 0.05) is 23.7 Å². The zero-order chi connectivity index (χ0) is 27.0. The van der Waals surface area contributed by atoms with Crippen LogP contribution in [-0.4, -0.2) is 62.8 Å². The van der Waals surface area contributed by atoms with Gasteiger partial charge in [0.05, 0.1) is 23.7 Å². The molecule has 2 aromatic heterocycles. The summed E-state index contributed by atoms with van der Waals surface area (Å²) < 4.78 is 20.9. The number of aromatic nitrogens is 3. The number of nitrogens with zero attached hydrogens (tertiary/aromatic N) is 2. The van der Waals surface area contributed by atoms with Crippen LogP contribution in [0.5, 0.6) is 5.75 Å². The number of benzene rings is 1. The van der Waals surface area contributed by atoms with E-state index in [1.54, 1.807) is 0 Å². The number of ether oxygens (including phenoxy) is 1. The number of H-pyrrole nitrogens is 1. The molecule has 0 bridgehead atoms. The van der Waals surface area contributed by atoms with Gasteiger partial charge in [-0.15, -0.1) is 0 Å². The minimum Gasteiger partial charge on any atom is -0.493 e. The summed E-state index contributed by atoms with van der Waals surface area (Å²) in [6.45, 7) is 5.83. The second-order valence-corrected chi connectivity index (χ2v) is 10.6. The largest absolute Gasteiger partial charge is 0.493 e. The Kier molecular flexibility index (Phi) is 7.34. The Morgan fingerprint density at radius 3 is 2.68 bits per heavy atom. The molecular weight excluding hydrogens is 489 g/mol. The number of aryl methyl sites for hydroxylation is 2. The fourth-order valence-corrected chi connectivity index (χ4v) is 5.02. The molecule has 2 aliphatic rings. The van der Waals surface area contributed by atoms with Crippen LogP contribution >= 0.6 is 0 Å². The van der Waals surface area contributed by atoms with Gasteiger partial charge in [-0.3, -0.25) is 9.59 Å². The fourth-order valence-electron chi connectivity index (χ4n) is 5.02. The fraction of sp³-hybridized carbons (Fsp3) is 0.500. The van der Waals surface area contributed by atoms with Gasteiger partial charge in [-0.25, -0.2) is 14.4 Å². The molecule has 2 amide bonds. The number of carbonyl (C=O) groups excluding carboxylic acids is 2. The lowest BCUT2D eigenvalue weighted by Gasteiger charge is -2.32.